The summed E-state index contributed by atoms with van der Waals surface area (Å²) in [6, 6.07) is 14.7. The first kappa shape index (κ1) is 22.8. The lowest BCUT2D eigenvalue weighted by molar-refractivity contribution is -0.133. The van der Waals surface area contributed by atoms with Crippen LogP contribution in [0.5, 0.6) is 0 Å². The number of aryl methyl sites for hydroxylation is 1. The second-order valence-electron chi connectivity index (χ2n) is 7.88. The quantitative estimate of drug-likeness (QED) is 0.560. The van der Waals surface area contributed by atoms with Gasteiger partial charge in [0.15, 0.2) is 0 Å². The van der Waals surface area contributed by atoms with Gasteiger partial charge in [-0.2, -0.15) is 4.31 Å². The molecular formula is C25H21F2NO4S. The molecule has 33 heavy (non-hydrogen) atoms. The second kappa shape index (κ2) is 8.88. The third kappa shape index (κ3) is 4.44. The molecule has 0 saturated heterocycles. The molecule has 0 fully saturated rings. The molecule has 0 radical (unpaired) electrons. The molecule has 0 aromatic heterocycles. The summed E-state index contributed by atoms with van der Waals surface area (Å²) in [7, 11) is -4.28. The van der Waals surface area contributed by atoms with Crippen molar-refractivity contribution in [2.45, 2.75) is 30.3 Å². The fourth-order valence-electron chi connectivity index (χ4n) is 4.11. The number of sulfonamides is 1. The van der Waals surface area contributed by atoms with Gasteiger partial charge < -0.3 is 5.11 Å². The van der Waals surface area contributed by atoms with Gasteiger partial charge in [-0.05, 0) is 60.9 Å². The summed E-state index contributed by atoms with van der Waals surface area (Å²) in [5, 5.41) is 9.89. The van der Waals surface area contributed by atoms with E-state index < -0.39 is 39.7 Å². The summed E-state index contributed by atoms with van der Waals surface area (Å²) in [6.45, 7) is 1.81. The lowest BCUT2D eigenvalue weighted by Gasteiger charge is -2.40. The lowest BCUT2D eigenvalue weighted by Crippen LogP contribution is -2.42. The van der Waals surface area contributed by atoms with Crippen LogP contribution in [0.25, 0.3) is 0 Å². The number of halogens is 2. The maximum absolute atomic E-state index is 14.1. The van der Waals surface area contributed by atoms with Crippen LogP contribution in [-0.4, -0.2) is 23.8 Å². The predicted octanol–water partition coefficient (Wildman–Crippen LogP) is 5.16. The molecule has 0 amide bonds. The third-order valence-corrected chi connectivity index (χ3v) is 7.55. The van der Waals surface area contributed by atoms with Crippen molar-refractivity contribution in [2.75, 3.05) is 0 Å². The third-order valence-electron chi connectivity index (χ3n) is 5.66. The van der Waals surface area contributed by atoms with Crippen LogP contribution < -0.4 is 0 Å². The van der Waals surface area contributed by atoms with Gasteiger partial charge in [0.2, 0.25) is 10.0 Å². The number of carboxylic acids is 1. The Balaban J connectivity index is 1.98. The first-order valence-electron chi connectivity index (χ1n) is 10.2. The molecule has 3 aromatic rings. The van der Waals surface area contributed by atoms with Gasteiger partial charge in [0.05, 0.1) is 22.6 Å². The molecule has 0 aliphatic carbocycles. The zero-order chi connectivity index (χ0) is 23.8. The van der Waals surface area contributed by atoms with Crippen molar-refractivity contribution >= 4 is 16.0 Å². The van der Waals surface area contributed by atoms with Gasteiger partial charge in [0.25, 0.3) is 0 Å². The van der Waals surface area contributed by atoms with Crippen LogP contribution in [-0.2, 0) is 14.8 Å². The molecule has 1 heterocycles. The Bertz CT molecular complexity index is 1340. The van der Waals surface area contributed by atoms with Crippen molar-refractivity contribution in [2.24, 2.45) is 0 Å². The van der Waals surface area contributed by atoms with E-state index in [9.17, 15) is 27.1 Å². The summed E-state index contributed by atoms with van der Waals surface area (Å²) in [4.78, 5) is 12.1. The van der Waals surface area contributed by atoms with E-state index in [1.165, 1.54) is 54.6 Å². The molecule has 1 aliphatic rings. The van der Waals surface area contributed by atoms with Crippen molar-refractivity contribution in [3.8, 4) is 0 Å². The highest BCUT2D eigenvalue weighted by molar-refractivity contribution is 7.89. The number of aliphatic carboxylic acids is 1. The minimum atomic E-state index is -4.28. The van der Waals surface area contributed by atoms with Crippen LogP contribution >= 0.6 is 0 Å². The molecular weight excluding hydrogens is 448 g/mol. The smallest absolute Gasteiger partial charge is 0.333 e. The molecule has 1 aliphatic heterocycles. The predicted molar refractivity (Wildman–Crippen MR) is 119 cm³/mol. The van der Waals surface area contributed by atoms with E-state index in [0.29, 0.717) is 5.56 Å². The average molecular weight is 470 g/mol. The molecule has 0 spiro atoms. The van der Waals surface area contributed by atoms with Gasteiger partial charge in [-0.25, -0.2) is 22.0 Å². The average Bonchev–Trinajstić information content (AvgIpc) is 2.78. The van der Waals surface area contributed by atoms with E-state index in [1.807, 2.05) is 6.92 Å². The van der Waals surface area contributed by atoms with Crippen molar-refractivity contribution in [3.05, 3.63) is 113 Å². The van der Waals surface area contributed by atoms with E-state index >= 15 is 0 Å². The normalized spacial score (nSPS) is 19.2. The Labute approximate surface area is 190 Å². The number of carbonyl (C=O) groups is 1. The van der Waals surface area contributed by atoms with E-state index in [2.05, 4.69) is 0 Å². The van der Waals surface area contributed by atoms with Gasteiger partial charge in [0.1, 0.15) is 11.6 Å². The molecule has 1 N–H and O–H groups in total. The number of hydrogen-bond donors (Lipinski definition) is 1. The van der Waals surface area contributed by atoms with Gasteiger partial charge >= 0.3 is 5.97 Å². The van der Waals surface area contributed by atoms with E-state index in [4.69, 9.17) is 0 Å². The highest BCUT2D eigenvalue weighted by Crippen LogP contribution is 2.45. The van der Waals surface area contributed by atoms with Crippen LogP contribution in [0.3, 0.4) is 0 Å². The largest absolute Gasteiger partial charge is 0.478 e. The Morgan fingerprint density at radius 2 is 1.52 bits per heavy atom. The van der Waals surface area contributed by atoms with Crippen molar-refractivity contribution in [1.82, 2.24) is 4.31 Å². The van der Waals surface area contributed by atoms with E-state index in [1.54, 1.807) is 18.2 Å². The number of nitrogens with zero attached hydrogens (tertiary/aromatic N) is 1. The topological polar surface area (TPSA) is 74.7 Å². The molecule has 2 atom stereocenters. The molecule has 8 heteroatoms. The molecule has 0 bridgehead atoms. The summed E-state index contributed by atoms with van der Waals surface area (Å²) in [5.74, 6) is -2.49. The highest BCUT2D eigenvalue weighted by Gasteiger charge is 2.44. The van der Waals surface area contributed by atoms with Gasteiger partial charge in [-0.1, -0.05) is 48.0 Å². The van der Waals surface area contributed by atoms with E-state index in [-0.39, 0.29) is 22.5 Å². The monoisotopic (exact) mass is 469 g/mol. The van der Waals surface area contributed by atoms with Gasteiger partial charge in [0, 0.05) is 0 Å². The molecule has 0 unspecified atom stereocenters. The van der Waals surface area contributed by atoms with Crippen molar-refractivity contribution < 1.29 is 27.1 Å². The number of hydrogen-bond acceptors (Lipinski definition) is 3. The maximum atomic E-state index is 14.1. The Kier molecular flexibility index (Phi) is 6.14. The fourth-order valence-corrected chi connectivity index (χ4v) is 5.89. The van der Waals surface area contributed by atoms with E-state index in [0.717, 1.165) is 15.9 Å². The van der Waals surface area contributed by atoms with Crippen LogP contribution in [0, 0.1) is 18.6 Å². The SMILES string of the molecule is Cc1ccc(S(=O)(=O)N2[C@@H](c3cccc(F)c3)C(C(=O)O)=CC[C@H]2c2cccc(F)c2)cc1. The Morgan fingerprint density at radius 1 is 0.939 bits per heavy atom. The van der Waals surface area contributed by atoms with Crippen LogP contribution in [0.15, 0.2) is 89.3 Å². The zero-order valence-electron chi connectivity index (χ0n) is 17.7. The zero-order valence-corrected chi connectivity index (χ0v) is 18.5. The first-order chi connectivity index (χ1) is 15.7. The molecule has 3 aromatic carbocycles. The Morgan fingerprint density at radius 3 is 2.09 bits per heavy atom. The summed E-state index contributed by atoms with van der Waals surface area (Å²) in [5.41, 5.74) is 1.19. The van der Waals surface area contributed by atoms with Crippen LogP contribution in [0.4, 0.5) is 8.78 Å². The minimum absolute atomic E-state index is 0.0159. The van der Waals surface area contributed by atoms with Gasteiger partial charge in [-0.15, -0.1) is 0 Å². The molecule has 0 saturated carbocycles. The molecule has 5 nitrogen and oxygen atoms in total. The fraction of sp³-hybridized carbons (Fsp3) is 0.160. The maximum Gasteiger partial charge on any atom is 0.333 e. The first-order valence-corrected chi connectivity index (χ1v) is 11.7. The highest BCUT2D eigenvalue weighted by atomic mass is 32.2. The summed E-state index contributed by atoms with van der Waals surface area (Å²) in [6.07, 6.45) is 1.44. The Hall–Kier alpha value is -3.36. The van der Waals surface area contributed by atoms with Crippen LogP contribution in [0.1, 0.15) is 35.2 Å². The van der Waals surface area contributed by atoms with Gasteiger partial charge in [-0.3, -0.25) is 0 Å². The number of rotatable bonds is 5. The van der Waals surface area contributed by atoms with Crippen LogP contribution in [0.2, 0.25) is 0 Å². The van der Waals surface area contributed by atoms with Crippen molar-refractivity contribution in [3.63, 3.8) is 0 Å². The number of benzene rings is 3. The minimum Gasteiger partial charge on any atom is -0.478 e. The summed E-state index contributed by atoms with van der Waals surface area (Å²) < 4.78 is 57.1. The molecule has 170 valence electrons. The standard InChI is InChI=1S/C25H21F2NO4S/c1-16-8-10-21(11-9-16)33(31,32)28-23(17-4-2-6-19(26)14-17)13-12-22(25(29)30)24(28)18-5-3-7-20(27)15-18/h2-12,14-15,23-24H,13H2,1H3,(H,29,30)/t23-,24-/m0/s1. The second-order valence-corrected chi connectivity index (χ2v) is 9.72. The number of carboxylic acid groups (broad SMARTS) is 1. The molecule has 4 rings (SSSR count). The lowest BCUT2D eigenvalue weighted by atomic mass is 9.89. The van der Waals surface area contributed by atoms with Crippen molar-refractivity contribution in [1.29, 1.82) is 0 Å². The summed E-state index contributed by atoms with van der Waals surface area (Å²) >= 11 is 0.